The number of ether oxygens (including phenoxy) is 1. The Labute approximate surface area is 118 Å². The summed E-state index contributed by atoms with van der Waals surface area (Å²) in [6.45, 7) is 7.25. The van der Waals surface area contributed by atoms with Gasteiger partial charge in [0.05, 0.1) is 12.3 Å². The molecule has 3 nitrogen and oxygen atoms in total. The maximum atomic E-state index is 11.1. The van der Waals surface area contributed by atoms with Crippen molar-refractivity contribution in [3.8, 4) is 5.75 Å². The molecule has 0 amide bonds. The maximum absolute atomic E-state index is 11.1. The molecule has 1 aromatic rings. The topological polar surface area (TPSA) is 38.3 Å². The summed E-state index contributed by atoms with van der Waals surface area (Å²) in [6.07, 6.45) is 2.62. The van der Waals surface area contributed by atoms with Crippen molar-refractivity contribution in [2.45, 2.75) is 32.1 Å². The van der Waals surface area contributed by atoms with Crippen LogP contribution in [0.25, 0.3) is 0 Å². The first-order valence-electron chi connectivity index (χ1n) is 6.51. The van der Waals surface area contributed by atoms with Crippen LogP contribution in [0.4, 0.5) is 5.69 Å². The van der Waals surface area contributed by atoms with Gasteiger partial charge in [-0.1, -0.05) is 11.8 Å². The van der Waals surface area contributed by atoms with Crippen LogP contribution in [0, 0.1) is 0 Å². The van der Waals surface area contributed by atoms with Gasteiger partial charge in [0, 0.05) is 23.4 Å². The highest BCUT2D eigenvalue weighted by molar-refractivity contribution is 8.03. The van der Waals surface area contributed by atoms with Crippen molar-refractivity contribution in [2.75, 3.05) is 18.5 Å². The number of nitrogens with one attached hydrogen (secondary N) is 1. The van der Waals surface area contributed by atoms with Gasteiger partial charge in [0.1, 0.15) is 5.75 Å². The average Bonchev–Trinajstić information content (AvgIpc) is 2.79. The number of rotatable bonds is 5. The van der Waals surface area contributed by atoms with Gasteiger partial charge >= 0.3 is 0 Å². The minimum absolute atomic E-state index is 0.0829. The van der Waals surface area contributed by atoms with Crippen molar-refractivity contribution >= 4 is 23.2 Å². The number of carbonyl (C=O) groups excluding carboxylic acids is 1. The molecule has 1 aliphatic heterocycles. The van der Waals surface area contributed by atoms with E-state index in [4.69, 9.17) is 4.74 Å². The van der Waals surface area contributed by atoms with E-state index in [1.165, 1.54) is 5.56 Å². The lowest BCUT2D eigenvalue weighted by molar-refractivity contribution is -0.112. The Balaban J connectivity index is 2.32. The molecule has 0 saturated heterocycles. The smallest absolute Gasteiger partial charge is 0.153 e. The summed E-state index contributed by atoms with van der Waals surface area (Å²) in [5.74, 6) is 1.06. The number of thioether (sulfide) groups is 1. The normalized spacial score (nSPS) is 13.9. The summed E-state index contributed by atoms with van der Waals surface area (Å²) in [7, 11) is 0. The first-order chi connectivity index (χ1) is 9.11. The van der Waals surface area contributed by atoms with E-state index in [9.17, 15) is 4.79 Å². The monoisotopic (exact) mass is 277 g/mol. The van der Waals surface area contributed by atoms with Crippen LogP contribution < -0.4 is 10.1 Å². The second-order valence-electron chi connectivity index (χ2n) is 4.51. The van der Waals surface area contributed by atoms with Gasteiger partial charge in [-0.2, -0.15) is 0 Å². The van der Waals surface area contributed by atoms with E-state index < -0.39 is 0 Å². The molecule has 1 aromatic carbocycles. The van der Waals surface area contributed by atoms with Crippen molar-refractivity contribution < 1.29 is 9.53 Å². The molecule has 0 aromatic heterocycles. The molecule has 0 atom stereocenters. The van der Waals surface area contributed by atoms with E-state index >= 15 is 0 Å². The van der Waals surface area contributed by atoms with Crippen LogP contribution in [-0.4, -0.2) is 18.9 Å². The van der Waals surface area contributed by atoms with Crippen LogP contribution in [0.1, 0.15) is 26.3 Å². The van der Waals surface area contributed by atoms with E-state index in [0.29, 0.717) is 0 Å². The largest absolute Gasteiger partial charge is 0.493 e. The number of carbonyl (C=O) groups is 1. The molecular formula is C15H19NO2S. The molecule has 2 rings (SSSR count). The molecule has 0 spiro atoms. The molecule has 4 heteroatoms. The van der Waals surface area contributed by atoms with Crippen molar-refractivity contribution in [3.63, 3.8) is 0 Å². The summed E-state index contributed by atoms with van der Waals surface area (Å²) < 4.78 is 5.59. The molecule has 0 radical (unpaired) electrons. The number of anilines is 1. The van der Waals surface area contributed by atoms with Gasteiger partial charge < -0.3 is 10.1 Å². The first-order valence-corrected chi connectivity index (χ1v) is 7.32. The van der Waals surface area contributed by atoms with Crippen LogP contribution in [0.3, 0.4) is 0 Å². The Morgan fingerprint density at radius 3 is 2.95 bits per heavy atom. The molecular weight excluding hydrogens is 258 g/mol. The SMILES string of the molecule is CCNc1c(S/C(C)=C\C(C)=O)ccc2c1CCO2. The minimum atomic E-state index is 0.0829. The van der Waals surface area contributed by atoms with Crippen molar-refractivity contribution in [3.05, 3.63) is 28.7 Å². The van der Waals surface area contributed by atoms with Crippen LogP contribution >= 0.6 is 11.8 Å². The number of fused-ring (bicyclic) bond motifs is 1. The van der Waals surface area contributed by atoms with Gasteiger partial charge in [0.15, 0.2) is 5.78 Å². The second kappa shape index (κ2) is 6.15. The lowest BCUT2D eigenvalue weighted by Crippen LogP contribution is -2.01. The van der Waals surface area contributed by atoms with Gasteiger partial charge in [0.25, 0.3) is 0 Å². The van der Waals surface area contributed by atoms with Gasteiger partial charge in [-0.3, -0.25) is 4.79 Å². The number of hydrogen-bond acceptors (Lipinski definition) is 4. The molecule has 0 bridgehead atoms. The van der Waals surface area contributed by atoms with Gasteiger partial charge in [0.2, 0.25) is 0 Å². The minimum Gasteiger partial charge on any atom is -0.493 e. The van der Waals surface area contributed by atoms with E-state index in [0.717, 1.165) is 40.8 Å². The van der Waals surface area contributed by atoms with Gasteiger partial charge in [-0.15, -0.1) is 0 Å². The van der Waals surface area contributed by atoms with Gasteiger partial charge in [-0.25, -0.2) is 0 Å². The molecule has 1 heterocycles. The molecule has 1 N–H and O–H groups in total. The number of benzene rings is 1. The molecule has 19 heavy (non-hydrogen) atoms. The third-order valence-corrected chi connectivity index (χ3v) is 3.87. The Kier molecular flexibility index (Phi) is 4.53. The summed E-state index contributed by atoms with van der Waals surface area (Å²) in [5.41, 5.74) is 2.40. The van der Waals surface area contributed by atoms with Crippen molar-refractivity contribution in [2.24, 2.45) is 0 Å². The van der Waals surface area contributed by atoms with E-state index in [2.05, 4.69) is 18.3 Å². The fourth-order valence-corrected chi connectivity index (χ4v) is 3.20. The zero-order valence-electron chi connectivity index (χ0n) is 11.6. The lowest BCUT2D eigenvalue weighted by atomic mass is 10.1. The molecule has 0 unspecified atom stereocenters. The average molecular weight is 277 g/mol. The van der Waals surface area contributed by atoms with Gasteiger partial charge in [-0.05, 0) is 43.9 Å². The predicted molar refractivity (Wildman–Crippen MR) is 80.1 cm³/mol. The third-order valence-electron chi connectivity index (χ3n) is 2.87. The van der Waals surface area contributed by atoms with Crippen molar-refractivity contribution in [1.82, 2.24) is 0 Å². The summed E-state index contributed by atoms with van der Waals surface area (Å²) in [5, 5.41) is 3.42. The van der Waals surface area contributed by atoms with E-state index in [1.54, 1.807) is 24.8 Å². The molecule has 102 valence electrons. The highest BCUT2D eigenvalue weighted by Gasteiger charge is 2.19. The Morgan fingerprint density at radius 2 is 2.26 bits per heavy atom. The predicted octanol–water partition coefficient (Wildman–Crippen LogP) is 3.64. The Bertz CT molecular complexity index is 523. The highest BCUT2D eigenvalue weighted by atomic mass is 32.2. The molecule has 0 fully saturated rings. The van der Waals surface area contributed by atoms with E-state index in [1.807, 2.05) is 13.0 Å². The zero-order valence-corrected chi connectivity index (χ0v) is 12.4. The molecule has 0 aliphatic carbocycles. The number of ketones is 1. The zero-order chi connectivity index (χ0) is 13.8. The lowest BCUT2D eigenvalue weighted by Gasteiger charge is -2.14. The fraction of sp³-hybridized carbons (Fsp3) is 0.400. The molecule has 0 saturated carbocycles. The second-order valence-corrected chi connectivity index (χ2v) is 5.80. The highest BCUT2D eigenvalue weighted by Crippen LogP contribution is 2.41. The Hall–Kier alpha value is -1.42. The van der Waals surface area contributed by atoms with Crippen molar-refractivity contribution in [1.29, 1.82) is 0 Å². The van der Waals surface area contributed by atoms with Crippen LogP contribution in [0.15, 0.2) is 28.0 Å². The summed E-state index contributed by atoms with van der Waals surface area (Å²) in [4.78, 5) is 13.3. The van der Waals surface area contributed by atoms with Crippen LogP contribution in [0.5, 0.6) is 5.75 Å². The third kappa shape index (κ3) is 3.32. The van der Waals surface area contributed by atoms with E-state index in [-0.39, 0.29) is 5.78 Å². The number of allylic oxidation sites excluding steroid dienone is 2. The Morgan fingerprint density at radius 1 is 1.47 bits per heavy atom. The molecule has 1 aliphatic rings. The fourth-order valence-electron chi connectivity index (χ4n) is 2.20. The van der Waals surface area contributed by atoms with Crippen LogP contribution in [-0.2, 0) is 11.2 Å². The quantitative estimate of drug-likeness (QED) is 0.659. The standard InChI is InChI=1S/C15H19NO2S/c1-4-16-15-12-7-8-18-13(12)5-6-14(15)19-11(3)9-10(2)17/h5-6,9,16H,4,7-8H2,1-3H3/b11-9-. The van der Waals surface area contributed by atoms with Crippen LogP contribution in [0.2, 0.25) is 0 Å². The maximum Gasteiger partial charge on any atom is 0.153 e. The summed E-state index contributed by atoms with van der Waals surface area (Å²) in [6, 6.07) is 4.08. The summed E-state index contributed by atoms with van der Waals surface area (Å²) >= 11 is 1.63. The first kappa shape index (κ1) is 14.0. The number of hydrogen-bond donors (Lipinski definition) is 1.